The highest BCUT2D eigenvalue weighted by molar-refractivity contribution is 8.00. The molecule has 12 aromatic rings. The van der Waals surface area contributed by atoms with E-state index in [0.717, 1.165) is 42.7 Å². The van der Waals surface area contributed by atoms with Crippen molar-refractivity contribution in [1.29, 1.82) is 0 Å². The van der Waals surface area contributed by atoms with E-state index in [4.69, 9.17) is 0 Å². The maximum absolute atomic E-state index is 14.7. The number of alkyl halides is 9. The molecule has 4 aromatic carbocycles. The van der Waals surface area contributed by atoms with Crippen molar-refractivity contribution in [3.63, 3.8) is 0 Å². The summed E-state index contributed by atoms with van der Waals surface area (Å²) in [5.41, 5.74) is -1.71. The van der Waals surface area contributed by atoms with Crippen LogP contribution in [0.3, 0.4) is 0 Å². The monoisotopic (exact) mass is 1870 g/mol. The predicted molar refractivity (Wildman–Crippen MR) is 487 cm³/mol. The number of hydrogen-bond donors (Lipinski definition) is 4. The second kappa shape index (κ2) is 39.3. The van der Waals surface area contributed by atoms with Crippen LogP contribution in [0.1, 0.15) is 184 Å². The highest BCUT2D eigenvalue weighted by Gasteiger charge is 2.41. The molecule has 4 N–H and O–H groups in total. The second-order valence-electron chi connectivity index (χ2n) is 33.6. The number of likely N-dealkylation sites (N-methyl/N-ethyl adjacent to an activating group) is 1. The molecule has 0 aliphatic carbocycles. The van der Waals surface area contributed by atoms with Crippen LogP contribution >= 0.6 is 0 Å². The van der Waals surface area contributed by atoms with Crippen molar-refractivity contribution in [3.05, 3.63) is 241 Å². The van der Waals surface area contributed by atoms with E-state index in [1.165, 1.54) is 83.5 Å². The van der Waals surface area contributed by atoms with Crippen LogP contribution in [0.5, 0.6) is 0 Å². The summed E-state index contributed by atoms with van der Waals surface area (Å²) in [6.45, 7) is 16.4. The maximum Gasteiger partial charge on any atom is 0.275 e. The molecule has 41 heteroatoms. The molecule has 2 amide bonds. The summed E-state index contributed by atoms with van der Waals surface area (Å²) in [6, 6.07) is 19.0. The zero-order valence-corrected chi connectivity index (χ0v) is 75.8. The molecule has 0 spiro atoms. The number of aryl methyl sites for hydroxylation is 8. The van der Waals surface area contributed by atoms with Gasteiger partial charge in [-0.1, -0.05) is 78.9 Å². The number of pyridine rings is 4. The van der Waals surface area contributed by atoms with E-state index < -0.39 is 111 Å². The first-order valence-electron chi connectivity index (χ1n) is 42.3. The number of aromatic nitrogens is 12. The van der Waals surface area contributed by atoms with Gasteiger partial charge in [-0.15, -0.1) is 0 Å². The average Bonchev–Trinajstić information content (AvgIpc) is 1.68. The number of benzene rings is 4. The molecule has 8 aromatic heterocycles. The molecule has 4 aliphatic rings. The third-order valence-electron chi connectivity index (χ3n) is 23.5. The van der Waals surface area contributed by atoms with Gasteiger partial charge in [0.05, 0.1) is 87.6 Å². The first-order chi connectivity index (χ1) is 62.7. The standard InChI is InChI=1S/C24H25F3N4O2S.C23H25F3N6O2.C23H24F3N5O2.C22H23F4N5O/c1-13(16-6-5-7-17(20(16)25)21(26)27)28-22-19-12-18(15-8-10-34(4,33)11-9-15)24(32)31(3)23(19)30-14(2)29-22;1-12(14-6-5-7-15(19(14)24)20(25)26)27-21-16-10-17(32-9-8-30(3)11-18(32)33)23(34)31(4)22(16)29-13(2)28-21;1-12(14-7-6-8-15(19(14)24)20(25)26)27-21-16-11-17(31-10-5-4-9-18(31)32)23(33)30(3)22(16)29-13(2)28-21;1-11(13-6-5-7-14(17(13)23)18(24)25)27-19-15-8-16(31-9-22(3,26)10-31)21(32)30(4)20(15)29-12(2)28-19/h5-8,12-13,21H,4,9-11H2,1-3H3,(H,28,29,30);5-7,10,12,20H,8-9,11H2,1-4H3,(H,27,28,29);6-8,11-12,20H,4-5,9-10H2,1-3H3,(H,27,28,29);5-8,11,18H,9-10H2,1-4H3,(H,27,28,29)/t13-,34?;2*12-;11-/m1111/s1. The van der Waals surface area contributed by atoms with Crippen LogP contribution < -0.4 is 58.2 Å². The number of amides is 2. The fourth-order valence-corrected chi connectivity index (χ4v) is 17.7. The Bertz CT molecular complexity index is 6990. The van der Waals surface area contributed by atoms with Gasteiger partial charge in [0.1, 0.15) is 115 Å². The Morgan fingerprint density at radius 3 is 1.05 bits per heavy atom. The number of hydrogen-bond acceptors (Lipinski definition) is 21. The van der Waals surface area contributed by atoms with Crippen LogP contribution in [-0.4, -0.2) is 148 Å². The average molecular weight is 1870 g/mol. The first-order valence-corrected chi connectivity index (χ1v) is 44.4. The number of allylic oxidation sites excluding steroid dienone is 1. The number of piperidine rings is 1. The van der Waals surface area contributed by atoms with E-state index >= 15 is 0 Å². The smallest absolute Gasteiger partial charge is 0.275 e. The lowest BCUT2D eigenvalue weighted by molar-refractivity contribution is -0.121. The molecule has 12 heterocycles. The minimum atomic E-state index is -2.94. The van der Waals surface area contributed by atoms with Crippen molar-refractivity contribution >= 4 is 117 Å². The number of piperazine rings is 1. The largest absolute Gasteiger partial charge is 0.363 e. The Hall–Kier alpha value is -13.2. The molecule has 704 valence electrons. The van der Waals surface area contributed by atoms with Gasteiger partial charge in [-0.3, -0.25) is 56.1 Å². The zero-order chi connectivity index (χ0) is 96.7. The SMILES string of the molecule is C=S1(=O)CC=C(c2cc3c(N[C@H](C)c4cccc(C(F)F)c4F)nc(C)nc3n(C)c2=O)CC1.Cc1nc(N[C@H](C)c2cccc(C(F)F)c2F)c2cc(N3CC(C)(F)C3)c(=O)n(C)c2n1.Cc1nc(N[C@H](C)c2cccc(C(F)F)c2F)c2cc(N3CCCCC3=O)c(=O)n(C)c2n1.Cc1nc(N[C@H](C)c2cccc(C(F)F)c2F)c2cc(N3CCN(C)CC3=O)c(=O)n(C)c2n1. The Kier molecular flexibility index (Phi) is 28.8. The van der Waals surface area contributed by atoms with Crippen molar-refractivity contribution in [2.75, 3.05) is 93.8 Å². The van der Waals surface area contributed by atoms with E-state index in [1.54, 1.807) is 119 Å². The number of fused-ring (bicyclic) bond motifs is 4. The number of halogens is 13. The molecule has 4 aliphatic heterocycles. The molecule has 0 bridgehead atoms. The number of carbonyl (C=O) groups is 2. The van der Waals surface area contributed by atoms with Crippen LogP contribution in [0.4, 0.5) is 97.4 Å². The van der Waals surface area contributed by atoms with Crippen LogP contribution in [-0.2, 0) is 47.3 Å². The van der Waals surface area contributed by atoms with Crippen molar-refractivity contribution in [2.45, 2.75) is 144 Å². The fraction of sp³-hybridized carbons (Fsp3) is 0.380. The minimum Gasteiger partial charge on any atom is -0.363 e. The molecule has 3 fully saturated rings. The number of anilines is 7. The Balaban J connectivity index is 0.000000151. The van der Waals surface area contributed by atoms with E-state index in [2.05, 4.69) is 67.0 Å². The molecule has 5 atom stereocenters. The first kappa shape index (κ1) is 97.3. The van der Waals surface area contributed by atoms with Crippen LogP contribution in [0.2, 0.25) is 0 Å². The fourth-order valence-electron chi connectivity index (χ4n) is 16.4. The van der Waals surface area contributed by atoms with Crippen LogP contribution in [0, 0.1) is 51.0 Å². The molecule has 0 radical (unpaired) electrons. The molecule has 27 nitrogen and oxygen atoms in total. The van der Waals surface area contributed by atoms with Gasteiger partial charge in [-0.05, 0) is 134 Å². The second-order valence-corrected chi connectivity index (χ2v) is 36.2. The van der Waals surface area contributed by atoms with Gasteiger partial charge >= 0.3 is 0 Å². The summed E-state index contributed by atoms with van der Waals surface area (Å²) < 4.78 is 196. The zero-order valence-electron chi connectivity index (χ0n) is 75.0. The van der Waals surface area contributed by atoms with Gasteiger partial charge < -0.3 is 36.0 Å². The van der Waals surface area contributed by atoms with Crippen molar-refractivity contribution < 1.29 is 70.9 Å². The van der Waals surface area contributed by atoms with E-state index in [9.17, 15) is 90.1 Å². The summed E-state index contributed by atoms with van der Waals surface area (Å²) in [5.74, 6) is 3.00. The van der Waals surface area contributed by atoms with Gasteiger partial charge in [0, 0.05) is 93.6 Å². The molecule has 1 unspecified atom stereocenters. The van der Waals surface area contributed by atoms with E-state index in [1.807, 2.05) is 11.9 Å². The lowest BCUT2D eigenvalue weighted by Crippen LogP contribution is -2.58. The Labute approximate surface area is 754 Å². The highest BCUT2D eigenvalue weighted by atomic mass is 32.2. The quantitative estimate of drug-likeness (QED) is 0.0407. The Morgan fingerprint density at radius 1 is 0.414 bits per heavy atom. The normalized spacial score (nSPS) is 16.7. The maximum atomic E-state index is 14.7. The van der Waals surface area contributed by atoms with Crippen molar-refractivity contribution in [3.8, 4) is 0 Å². The van der Waals surface area contributed by atoms with Crippen molar-refractivity contribution in [2.24, 2.45) is 28.2 Å². The molecule has 0 saturated carbocycles. The third-order valence-corrected chi connectivity index (χ3v) is 25.3. The van der Waals surface area contributed by atoms with Crippen LogP contribution in [0.15, 0.2) is 122 Å². The van der Waals surface area contributed by atoms with Gasteiger partial charge in [0.25, 0.3) is 47.9 Å². The number of carbonyl (C=O) groups excluding carboxylic acids is 2. The third kappa shape index (κ3) is 20.6. The summed E-state index contributed by atoms with van der Waals surface area (Å²) >= 11 is 0. The topological polar surface area (TPSA) is 303 Å². The van der Waals surface area contributed by atoms with Gasteiger partial charge in [-0.2, -0.15) is 0 Å². The number of nitrogens with zero attached hydrogens (tertiary/aromatic N) is 16. The number of rotatable bonds is 20. The van der Waals surface area contributed by atoms with Crippen LogP contribution in [0.25, 0.3) is 49.7 Å². The predicted octanol–water partition coefficient (Wildman–Crippen LogP) is 16.4. The molecular formula is C92H97F13N20O7S. The molecule has 3 saturated heterocycles. The lowest BCUT2D eigenvalue weighted by atomic mass is 9.98. The summed E-state index contributed by atoms with van der Waals surface area (Å²) in [5, 5.41) is 14.3. The van der Waals surface area contributed by atoms with Gasteiger partial charge in [0.15, 0.2) is 0 Å². The minimum absolute atomic E-state index is 0.0569. The molecular weight excluding hydrogens is 1780 g/mol. The molecule has 133 heavy (non-hydrogen) atoms. The summed E-state index contributed by atoms with van der Waals surface area (Å²) in [7, 11) is 5.94. The molecule has 16 rings (SSSR count). The lowest BCUT2D eigenvalue weighted by Gasteiger charge is -2.43. The highest BCUT2D eigenvalue weighted by Crippen LogP contribution is 2.40. The summed E-state index contributed by atoms with van der Waals surface area (Å²) in [6.07, 6.45) is -7.54. The Morgan fingerprint density at radius 2 is 0.729 bits per heavy atom. The van der Waals surface area contributed by atoms with E-state index in [-0.39, 0.29) is 87.3 Å². The van der Waals surface area contributed by atoms with E-state index in [0.29, 0.717) is 146 Å². The number of nitrogens with one attached hydrogen (secondary N) is 4. The van der Waals surface area contributed by atoms with Crippen molar-refractivity contribution in [1.82, 2.24) is 63.0 Å². The van der Waals surface area contributed by atoms with Gasteiger partial charge in [-0.25, -0.2) is 96.9 Å². The summed E-state index contributed by atoms with van der Waals surface area (Å²) in [4.78, 5) is 119. The van der Waals surface area contributed by atoms with Gasteiger partial charge in [0.2, 0.25) is 11.8 Å².